The standard InChI is InChI=1S/C12H16N2O2/c1-14-10-4-2-9(11(15)7-13)6-8(10)3-5-12(14)16/h2,4,6,11,15H,3,5,7,13H2,1H3. The molecule has 3 N–H and O–H groups in total. The Balaban J connectivity index is 2.37. The highest BCUT2D eigenvalue weighted by Gasteiger charge is 2.21. The van der Waals surface area contributed by atoms with Gasteiger partial charge >= 0.3 is 0 Å². The van der Waals surface area contributed by atoms with Crippen LogP contribution in [0.15, 0.2) is 18.2 Å². The number of nitrogens with zero attached hydrogens (tertiary/aromatic N) is 1. The first kappa shape index (κ1) is 11.1. The van der Waals surface area contributed by atoms with Crippen molar-refractivity contribution in [3.8, 4) is 0 Å². The second kappa shape index (κ2) is 4.23. The van der Waals surface area contributed by atoms with Crippen LogP contribution in [-0.4, -0.2) is 24.6 Å². The molecule has 1 amide bonds. The van der Waals surface area contributed by atoms with Crippen LogP contribution in [-0.2, 0) is 11.2 Å². The highest BCUT2D eigenvalue weighted by atomic mass is 16.3. The number of nitrogens with two attached hydrogens (primary N) is 1. The molecule has 1 unspecified atom stereocenters. The molecule has 4 heteroatoms. The van der Waals surface area contributed by atoms with Crippen LogP contribution in [0.1, 0.15) is 23.7 Å². The highest BCUT2D eigenvalue weighted by molar-refractivity contribution is 5.95. The molecule has 1 atom stereocenters. The van der Waals surface area contributed by atoms with Crippen molar-refractivity contribution in [1.29, 1.82) is 0 Å². The lowest BCUT2D eigenvalue weighted by Crippen LogP contribution is -2.31. The zero-order chi connectivity index (χ0) is 11.7. The van der Waals surface area contributed by atoms with Crippen LogP contribution in [0, 0.1) is 0 Å². The predicted octanol–water partition coefficient (Wildman–Crippen LogP) is 0.588. The molecular weight excluding hydrogens is 204 g/mol. The third kappa shape index (κ3) is 1.81. The molecule has 0 saturated heterocycles. The molecule has 0 aliphatic carbocycles. The topological polar surface area (TPSA) is 66.6 Å². The number of aliphatic hydroxyl groups is 1. The number of fused-ring (bicyclic) bond motifs is 1. The molecule has 1 aromatic carbocycles. The van der Waals surface area contributed by atoms with Gasteiger partial charge in [-0.1, -0.05) is 12.1 Å². The largest absolute Gasteiger partial charge is 0.387 e. The van der Waals surface area contributed by atoms with Crippen LogP contribution in [0.25, 0.3) is 0 Å². The van der Waals surface area contributed by atoms with E-state index in [4.69, 9.17) is 5.73 Å². The van der Waals surface area contributed by atoms with Gasteiger partial charge in [-0.3, -0.25) is 4.79 Å². The maximum Gasteiger partial charge on any atom is 0.227 e. The van der Waals surface area contributed by atoms with Crippen molar-refractivity contribution in [3.63, 3.8) is 0 Å². The predicted molar refractivity (Wildman–Crippen MR) is 62.2 cm³/mol. The number of anilines is 1. The molecule has 1 aromatic rings. The molecule has 1 heterocycles. The van der Waals surface area contributed by atoms with Crippen molar-refractivity contribution in [2.24, 2.45) is 5.73 Å². The Labute approximate surface area is 94.7 Å². The number of amides is 1. The van der Waals surface area contributed by atoms with E-state index in [9.17, 15) is 9.90 Å². The third-order valence-corrected chi connectivity index (χ3v) is 3.06. The van der Waals surface area contributed by atoms with Gasteiger partial charge in [0.05, 0.1) is 6.10 Å². The summed E-state index contributed by atoms with van der Waals surface area (Å²) in [6, 6.07) is 5.64. The van der Waals surface area contributed by atoms with Crippen molar-refractivity contribution >= 4 is 11.6 Å². The molecule has 1 aliphatic rings. The Kier molecular flexibility index (Phi) is 2.94. The zero-order valence-corrected chi connectivity index (χ0v) is 9.31. The summed E-state index contributed by atoms with van der Waals surface area (Å²) in [6.45, 7) is 0.216. The van der Waals surface area contributed by atoms with Gasteiger partial charge < -0.3 is 15.7 Å². The van der Waals surface area contributed by atoms with Crippen LogP contribution in [0.5, 0.6) is 0 Å². The van der Waals surface area contributed by atoms with Crippen molar-refractivity contribution in [3.05, 3.63) is 29.3 Å². The first-order valence-electron chi connectivity index (χ1n) is 5.41. The summed E-state index contributed by atoms with van der Waals surface area (Å²) in [6.07, 6.45) is 0.656. The minimum absolute atomic E-state index is 0.139. The minimum Gasteiger partial charge on any atom is -0.387 e. The van der Waals surface area contributed by atoms with E-state index in [2.05, 4.69) is 0 Å². The Bertz CT molecular complexity index is 417. The smallest absolute Gasteiger partial charge is 0.227 e. The fourth-order valence-corrected chi connectivity index (χ4v) is 2.02. The van der Waals surface area contributed by atoms with E-state index in [-0.39, 0.29) is 12.5 Å². The van der Waals surface area contributed by atoms with Gasteiger partial charge in [0.1, 0.15) is 0 Å². The van der Waals surface area contributed by atoms with Crippen molar-refractivity contribution < 1.29 is 9.90 Å². The molecule has 0 radical (unpaired) electrons. The normalized spacial score (nSPS) is 17.2. The van der Waals surface area contributed by atoms with Crippen molar-refractivity contribution in [2.45, 2.75) is 18.9 Å². The summed E-state index contributed by atoms with van der Waals surface area (Å²) in [4.78, 5) is 13.2. The van der Waals surface area contributed by atoms with Crippen molar-refractivity contribution in [2.75, 3.05) is 18.5 Å². The number of rotatable bonds is 2. The van der Waals surface area contributed by atoms with Crippen LogP contribution in [0.2, 0.25) is 0 Å². The lowest BCUT2D eigenvalue weighted by molar-refractivity contribution is -0.118. The summed E-state index contributed by atoms with van der Waals surface area (Å²) < 4.78 is 0. The quantitative estimate of drug-likeness (QED) is 0.766. The Morgan fingerprint density at radius 3 is 2.94 bits per heavy atom. The molecule has 0 spiro atoms. The number of hydrogen-bond acceptors (Lipinski definition) is 3. The Morgan fingerprint density at radius 1 is 1.50 bits per heavy atom. The maximum absolute atomic E-state index is 11.5. The molecule has 0 aromatic heterocycles. The molecular formula is C12H16N2O2. The lowest BCUT2D eigenvalue weighted by Gasteiger charge is -2.26. The van der Waals surface area contributed by atoms with E-state index in [1.807, 2.05) is 18.2 Å². The lowest BCUT2D eigenvalue weighted by atomic mass is 9.97. The van der Waals surface area contributed by atoms with E-state index in [0.29, 0.717) is 6.42 Å². The van der Waals surface area contributed by atoms with E-state index in [0.717, 1.165) is 23.2 Å². The number of carbonyl (C=O) groups excluding carboxylic acids is 1. The number of aliphatic hydroxyl groups excluding tert-OH is 1. The summed E-state index contributed by atoms with van der Waals surface area (Å²) >= 11 is 0. The van der Waals surface area contributed by atoms with E-state index >= 15 is 0 Å². The third-order valence-electron chi connectivity index (χ3n) is 3.06. The minimum atomic E-state index is -0.617. The van der Waals surface area contributed by atoms with E-state index in [1.165, 1.54) is 0 Å². The number of aryl methyl sites for hydroxylation is 1. The molecule has 0 saturated carbocycles. The first-order chi connectivity index (χ1) is 7.63. The van der Waals surface area contributed by atoms with Crippen LogP contribution in [0.3, 0.4) is 0 Å². The molecule has 86 valence electrons. The summed E-state index contributed by atoms with van der Waals surface area (Å²) in [5.74, 6) is 0.139. The molecule has 1 aliphatic heterocycles. The molecule has 0 bridgehead atoms. The van der Waals surface area contributed by atoms with Gasteiger partial charge in [-0.15, -0.1) is 0 Å². The number of benzene rings is 1. The van der Waals surface area contributed by atoms with E-state index < -0.39 is 6.10 Å². The van der Waals surface area contributed by atoms with E-state index in [1.54, 1.807) is 11.9 Å². The highest BCUT2D eigenvalue weighted by Crippen LogP contribution is 2.29. The van der Waals surface area contributed by atoms with Gasteiger partial charge in [-0.2, -0.15) is 0 Å². The van der Waals surface area contributed by atoms with Crippen LogP contribution in [0.4, 0.5) is 5.69 Å². The maximum atomic E-state index is 11.5. The summed E-state index contributed by atoms with van der Waals surface area (Å²) in [7, 11) is 1.78. The average Bonchev–Trinajstić information content (AvgIpc) is 2.32. The SMILES string of the molecule is CN1C(=O)CCc2cc(C(O)CN)ccc21. The molecule has 2 rings (SSSR count). The van der Waals surface area contributed by atoms with Crippen LogP contribution >= 0.6 is 0 Å². The van der Waals surface area contributed by atoms with Gasteiger partial charge in [-0.05, 0) is 23.6 Å². The Hall–Kier alpha value is -1.39. The summed E-state index contributed by atoms with van der Waals surface area (Å²) in [5, 5.41) is 9.64. The molecule has 4 nitrogen and oxygen atoms in total. The number of carbonyl (C=O) groups is 1. The van der Waals surface area contributed by atoms with Gasteiger partial charge in [0, 0.05) is 25.7 Å². The second-order valence-corrected chi connectivity index (χ2v) is 4.09. The second-order valence-electron chi connectivity index (χ2n) is 4.09. The molecule has 16 heavy (non-hydrogen) atoms. The van der Waals surface area contributed by atoms with Gasteiger partial charge in [0.25, 0.3) is 0 Å². The fraction of sp³-hybridized carbons (Fsp3) is 0.417. The van der Waals surface area contributed by atoms with Gasteiger partial charge in [0.2, 0.25) is 5.91 Å². The van der Waals surface area contributed by atoms with Crippen molar-refractivity contribution in [1.82, 2.24) is 0 Å². The summed E-state index contributed by atoms with van der Waals surface area (Å²) in [5.41, 5.74) is 8.28. The Morgan fingerprint density at radius 2 is 2.25 bits per heavy atom. The molecule has 0 fully saturated rings. The van der Waals surface area contributed by atoms with Gasteiger partial charge in [-0.25, -0.2) is 0 Å². The van der Waals surface area contributed by atoms with Crippen LogP contribution < -0.4 is 10.6 Å². The zero-order valence-electron chi connectivity index (χ0n) is 9.31. The first-order valence-corrected chi connectivity index (χ1v) is 5.41. The fourth-order valence-electron chi connectivity index (χ4n) is 2.02. The average molecular weight is 220 g/mol. The number of hydrogen-bond donors (Lipinski definition) is 2. The monoisotopic (exact) mass is 220 g/mol. The van der Waals surface area contributed by atoms with Gasteiger partial charge in [0.15, 0.2) is 0 Å².